The van der Waals surface area contributed by atoms with Gasteiger partial charge in [0.2, 0.25) is 0 Å². The molecule has 4 N–H and O–H groups in total. The van der Waals surface area contributed by atoms with Crippen molar-refractivity contribution in [1.82, 2.24) is 16.1 Å². The molecule has 2 amide bonds. The van der Waals surface area contributed by atoms with Gasteiger partial charge < -0.3 is 39.4 Å². The second-order valence-electron chi connectivity index (χ2n) is 9.86. The quantitative estimate of drug-likeness (QED) is 0.0614. The second-order valence-corrected chi connectivity index (χ2v) is 11.1. The number of hydrazone groups is 1. The molecule has 0 bridgehead atoms. The fourth-order valence-corrected chi connectivity index (χ4v) is 5.16. The predicted octanol–water partition coefficient (Wildman–Crippen LogP) is 4.54. The minimum Gasteiger partial charge on any atom is -0.493 e. The Morgan fingerprint density at radius 3 is 2.54 bits per heavy atom. The molecule has 244 valence electrons. The van der Waals surface area contributed by atoms with E-state index in [9.17, 15) is 19.1 Å². The third-order valence-corrected chi connectivity index (χ3v) is 7.29. The minimum absolute atomic E-state index is 0.173. The Balaban J connectivity index is 1.44. The number of urea groups is 1. The third-order valence-electron chi connectivity index (χ3n) is 6.66. The normalized spacial score (nSPS) is 15.1. The largest absolute Gasteiger partial charge is 0.493 e. The zero-order chi connectivity index (χ0) is 33.2. The summed E-state index contributed by atoms with van der Waals surface area (Å²) in [7, 11) is 2.79. The summed E-state index contributed by atoms with van der Waals surface area (Å²) in [4.78, 5) is 24.6. The molecule has 0 aromatic heterocycles. The lowest BCUT2D eigenvalue weighted by atomic mass is 9.95. The molecule has 0 saturated heterocycles. The number of hydrogen-bond donors (Lipinski definition) is 4. The standard InChI is InChI=1S/C32H34FIN4O8/c1-5-44-25-13-20(29-28(31(40)43-4)18(2)36-32(41)37-29)8-11-24(25)45-17-27(39)38-35-15-21-12-23(34)14-26(42-3)30(21)46-16-19-6-9-22(33)10-7-19/h6-15,27,29,38-39H,5,16-17H2,1-4H3,(H2,36,37,41)/b35-15+/t27-,29+/m0/s1. The van der Waals surface area contributed by atoms with Gasteiger partial charge in [-0.05, 0) is 84.0 Å². The van der Waals surface area contributed by atoms with Gasteiger partial charge in [-0.2, -0.15) is 5.10 Å². The molecule has 0 fully saturated rings. The van der Waals surface area contributed by atoms with Crippen molar-refractivity contribution in [3.8, 4) is 23.0 Å². The van der Waals surface area contributed by atoms with Gasteiger partial charge in [-0.25, -0.2) is 14.0 Å². The van der Waals surface area contributed by atoms with Crippen LogP contribution >= 0.6 is 22.6 Å². The first-order valence-electron chi connectivity index (χ1n) is 14.1. The van der Waals surface area contributed by atoms with Crippen LogP contribution in [0.1, 0.15) is 36.6 Å². The van der Waals surface area contributed by atoms with Gasteiger partial charge in [0.1, 0.15) is 19.0 Å². The number of rotatable bonds is 14. The molecule has 0 saturated carbocycles. The number of nitrogens with zero attached hydrogens (tertiary/aromatic N) is 1. The number of carbonyl (C=O) groups excluding carboxylic acids is 2. The summed E-state index contributed by atoms with van der Waals surface area (Å²) in [5, 5.41) is 20.0. The summed E-state index contributed by atoms with van der Waals surface area (Å²) in [6.45, 7) is 3.71. The van der Waals surface area contributed by atoms with Crippen LogP contribution < -0.4 is 35.0 Å². The van der Waals surface area contributed by atoms with E-state index in [2.05, 4.69) is 43.8 Å². The van der Waals surface area contributed by atoms with Gasteiger partial charge in [-0.1, -0.05) is 18.2 Å². The van der Waals surface area contributed by atoms with Crippen LogP contribution in [0.5, 0.6) is 23.0 Å². The first kappa shape index (κ1) is 34.3. The molecule has 1 heterocycles. The Hall–Kier alpha value is -4.57. The summed E-state index contributed by atoms with van der Waals surface area (Å²) >= 11 is 2.14. The van der Waals surface area contributed by atoms with Crippen LogP contribution in [0.4, 0.5) is 9.18 Å². The fraction of sp³-hybridized carbons (Fsp3) is 0.281. The lowest BCUT2D eigenvalue weighted by molar-refractivity contribution is -0.136. The van der Waals surface area contributed by atoms with E-state index in [-0.39, 0.29) is 24.6 Å². The highest BCUT2D eigenvalue weighted by Crippen LogP contribution is 2.35. The number of aliphatic hydroxyl groups excluding tert-OH is 1. The highest BCUT2D eigenvalue weighted by molar-refractivity contribution is 14.1. The Morgan fingerprint density at radius 1 is 1.09 bits per heavy atom. The lowest BCUT2D eigenvalue weighted by Crippen LogP contribution is -2.45. The van der Waals surface area contributed by atoms with E-state index in [1.807, 2.05) is 12.1 Å². The topological polar surface area (TPSA) is 149 Å². The van der Waals surface area contributed by atoms with Gasteiger partial charge in [-0.15, -0.1) is 0 Å². The van der Waals surface area contributed by atoms with Crippen LogP contribution in [0.25, 0.3) is 0 Å². The smallest absolute Gasteiger partial charge is 0.337 e. The average Bonchev–Trinajstić information content (AvgIpc) is 3.03. The van der Waals surface area contributed by atoms with E-state index in [1.165, 1.54) is 32.6 Å². The monoisotopic (exact) mass is 748 g/mol. The van der Waals surface area contributed by atoms with Gasteiger partial charge in [-0.3, -0.25) is 5.43 Å². The van der Waals surface area contributed by atoms with Crippen molar-refractivity contribution >= 4 is 40.8 Å². The Morgan fingerprint density at radius 2 is 1.85 bits per heavy atom. The molecule has 14 heteroatoms. The van der Waals surface area contributed by atoms with Crippen LogP contribution in [-0.4, -0.2) is 57.0 Å². The summed E-state index contributed by atoms with van der Waals surface area (Å²) in [6.07, 6.45) is 0.273. The number of amides is 2. The molecular formula is C32H34FIN4O8. The van der Waals surface area contributed by atoms with Crippen LogP contribution in [0.3, 0.4) is 0 Å². The molecular weight excluding hydrogens is 714 g/mol. The van der Waals surface area contributed by atoms with E-state index in [1.54, 1.807) is 44.2 Å². The van der Waals surface area contributed by atoms with Crippen LogP contribution in [0.2, 0.25) is 0 Å². The van der Waals surface area contributed by atoms with Crippen molar-refractivity contribution < 1.29 is 42.8 Å². The lowest BCUT2D eigenvalue weighted by Gasteiger charge is -2.28. The molecule has 2 atom stereocenters. The molecule has 3 aromatic rings. The van der Waals surface area contributed by atoms with Crippen molar-refractivity contribution in [2.75, 3.05) is 27.4 Å². The number of hydrogen-bond acceptors (Lipinski definition) is 10. The summed E-state index contributed by atoms with van der Waals surface area (Å²) in [6, 6.07) is 13.3. The molecule has 0 spiro atoms. The van der Waals surface area contributed by atoms with E-state index in [0.717, 1.165) is 9.13 Å². The maximum absolute atomic E-state index is 13.3. The van der Waals surface area contributed by atoms with Crippen LogP contribution in [-0.2, 0) is 16.1 Å². The first-order chi connectivity index (χ1) is 22.1. The van der Waals surface area contributed by atoms with E-state index in [0.29, 0.717) is 46.4 Å². The number of aliphatic hydroxyl groups is 1. The van der Waals surface area contributed by atoms with Crippen molar-refractivity contribution in [3.63, 3.8) is 0 Å². The van der Waals surface area contributed by atoms with Gasteiger partial charge in [0.15, 0.2) is 29.2 Å². The maximum atomic E-state index is 13.3. The maximum Gasteiger partial charge on any atom is 0.337 e. The SMILES string of the molecule is CCOc1cc([C@H]2NC(=O)NC(C)=C2C(=O)OC)ccc1OC[C@H](O)N/N=C/c1cc(I)cc(OC)c1OCc1ccc(F)cc1. The zero-order valence-corrected chi connectivity index (χ0v) is 27.7. The summed E-state index contributed by atoms with van der Waals surface area (Å²) in [5.41, 5.74) is 5.18. The van der Waals surface area contributed by atoms with Crippen molar-refractivity contribution in [2.24, 2.45) is 5.10 Å². The van der Waals surface area contributed by atoms with Crippen LogP contribution in [0, 0.1) is 9.39 Å². The second kappa shape index (κ2) is 16.1. The van der Waals surface area contributed by atoms with Gasteiger partial charge in [0.25, 0.3) is 0 Å². The highest BCUT2D eigenvalue weighted by atomic mass is 127. The molecule has 0 aliphatic carbocycles. The highest BCUT2D eigenvalue weighted by Gasteiger charge is 2.32. The zero-order valence-electron chi connectivity index (χ0n) is 25.6. The van der Waals surface area contributed by atoms with E-state index < -0.39 is 24.3 Å². The number of benzene rings is 3. The molecule has 3 aromatic carbocycles. The van der Waals surface area contributed by atoms with Crippen molar-refractivity contribution in [1.29, 1.82) is 0 Å². The predicted molar refractivity (Wildman–Crippen MR) is 175 cm³/mol. The average molecular weight is 749 g/mol. The third kappa shape index (κ3) is 8.78. The first-order valence-corrected chi connectivity index (χ1v) is 15.2. The van der Waals surface area contributed by atoms with E-state index >= 15 is 0 Å². The number of carbonyl (C=O) groups is 2. The summed E-state index contributed by atoms with van der Waals surface area (Å²) in [5.74, 6) is 0.666. The number of halogens is 2. The molecule has 1 aliphatic heterocycles. The number of methoxy groups -OCH3 is 2. The Bertz CT molecular complexity index is 1620. The van der Waals surface area contributed by atoms with Crippen molar-refractivity contribution in [3.05, 3.63) is 91.9 Å². The summed E-state index contributed by atoms with van der Waals surface area (Å²) < 4.78 is 42.2. The molecule has 0 radical (unpaired) electrons. The number of nitrogens with one attached hydrogen (secondary N) is 3. The number of allylic oxidation sites excluding steroid dienone is 1. The fourth-order valence-electron chi connectivity index (χ4n) is 4.54. The minimum atomic E-state index is -1.21. The van der Waals surface area contributed by atoms with Crippen molar-refractivity contribution in [2.45, 2.75) is 32.7 Å². The molecule has 4 rings (SSSR count). The Kier molecular flexibility index (Phi) is 12.0. The number of ether oxygens (including phenoxy) is 5. The molecule has 12 nitrogen and oxygen atoms in total. The molecule has 46 heavy (non-hydrogen) atoms. The van der Waals surface area contributed by atoms with E-state index in [4.69, 9.17) is 23.7 Å². The van der Waals surface area contributed by atoms with Gasteiger partial charge >= 0.3 is 12.0 Å². The van der Waals surface area contributed by atoms with Crippen LogP contribution in [0.15, 0.2) is 71.0 Å². The van der Waals surface area contributed by atoms with Gasteiger partial charge in [0, 0.05) is 14.8 Å². The molecule has 1 aliphatic rings. The van der Waals surface area contributed by atoms with Gasteiger partial charge in [0.05, 0.1) is 38.7 Å². The molecule has 0 unspecified atom stereocenters. The number of esters is 1. The Labute approximate surface area is 279 Å².